The van der Waals surface area contributed by atoms with Crippen LogP contribution in [0.1, 0.15) is 24.4 Å². The summed E-state index contributed by atoms with van der Waals surface area (Å²) in [6.07, 6.45) is 5.06. The molecule has 2 amide bonds. The van der Waals surface area contributed by atoms with Crippen molar-refractivity contribution in [2.45, 2.75) is 19.8 Å². The van der Waals surface area contributed by atoms with Gasteiger partial charge < -0.3 is 14.6 Å². The van der Waals surface area contributed by atoms with Gasteiger partial charge in [-0.05, 0) is 38.0 Å². The van der Waals surface area contributed by atoms with Gasteiger partial charge in [-0.2, -0.15) is 0 Å². The first-order valence-electron chi connectivity index (χ1n) is 6.45. The fourth-order valence-electron chi connectivity index (χ4n) is 2.00. The molecule has 2 rings (SSSR count). The average molecular weight is 262 g/mol. The highest BCUT2D eigenvalue weighted by Crippen LogP contribution is 2.08. The zero-order chi connectivity index (χ0) is 13.7. The smallest absolute Gasteiger partial charge is 0.244 e. The molecule has 1 aliphatic rings. The van der Waals surface area contributed by atoms with Crippen LogP contribution in [0.15, 0.2) is 22.6 Å². The molecule has 5 heteroatoms. The summed E-state index contributed by atoms with van der Waals surface area (Å²) in [7, 11) is 0. The lowest BCUT2D eigenvalue weighted by atomic mass is 10.3. The van der Waals surface area contributed by atoms with Crippen LogP contribution in [0, 0.1) is 6.92 Å². The number of furan rings is 1. The molecule has 1 N–H and O–H groups in total. The van der Waals surface area contributed by atoms with Crippen molar-refractivity contribution < 1.29 is 14.0 Å². The van der Waals surface area contributed by atoms with Crippen molar-refractivity contribution in [1.29, 1.82) is 0 Å². The Bertz CT molecular complexity index is 485. The van der Waals surface area contributed by atoms with Crippen LogP contribution in [0.2, 0.25) is 0 Å². The molecule has 1 fully saturated rings. The molecule has 1 saturated heterocycles. The number of aryl methyl sites for hydroxylation is 1. The quantitative estimate of drug-likeness (QED) is 0.833. The molecule has 0 aliphatic carbocycles. The molecule has 0 radical (unpaired) electrons. The van der Waals surface area contributed by atoms with E-state index in [9.17, 15) is 9.59 Å². The molecule has 0 saturated carbocycles. The number of rotatable bonds is 4. The molecule has 1 aliphatic heterocycles. The lowest BCUT2D eigenvalue weighted by Gasteiger charge is -2.14. The maximum absolute atomic E-state index is 11.7. The predicted molar refractivity (Wildman–Crippen MR) is 71.3 cm³/mol. The van der Waals surface area contributed by atoms with Crippen molar-refractivity contribution >= 4 is 17.9 Å². The van der Waals surface area contributed by atoms with E-state index in [0.29, 0.717) is 5.76 Å². The first-order chi connectivity index (χ1) is 9.15. The Morgan fingerprint density at radius 2 is 2.11 bits per heavy atom. The minimum absolute atomic E-state index is 0.0203. The number of likely N-dealkylation sites (tertiary alicyclic amines) is 1. The van der Waals surface area contributed by atoms with Crippen molar-refractivity contribution in [2.24, 2.45) is 0 Å². The van der Waals surface area contributed by atoms with Gasteiger partial charge in [-0.3, -0.25) is 9.59 Å². The fraction of sp³-hybridized carbons (Fsp3) is 0.429. The third-order valence-corrected chi connectivity index (χ3v) is 3.03. The van der Waals surface area contributed by atoms with Crippen molar-refractivity contribution in [3.05, 3.63) is 29.7 Å². The predicted octanol–water partition coefficient (Wildman–Crippen LogP) is 1.34. The highest BCUT2D eigenvalue weighted by atomic mass is 16.3. The van der Waals surface area contributed by atoms with Gasteiger partial charge in [0.2, 0.25) is 11.8 Å². The highest BCUT2D eigenvalue weighted by Gasteiger charge is 2.17. The Kier molecular flexibility index (Phi) is 4.39. The third kappa shape index (κ3) is 3.98. The molecule has 0 spiro atoms. The molecule has 0 atom stereocenters. The van der Waals surface area contributed by atoms with Gasteiger partial charge in [-0.1, -0.05) is 0 Å². The molecule has 0 unspecified atom stereocenters. The third-order valence-electron chi connectivity index (χ3n) is 3.03. The number of hydrogen-bond acceptors (Lipinski definition) is 3. The second kappa shape index (κ2) is 6.22. The van der Waals surface area contributed by atoms with Gasteiger partial charge in [0.25, 0.3) is 0 Å². The lowest BCUT2D eigenvalue weighted by Crippen LogP contribution is -2.38. The van der Waals surface area contributed by atoms with Gasteiger partial charge >= 0.3 is 0 Å². The Hall–Kier alpha value is -2.04. The normalized spacial score (nSPS) is 15.1. The molecule has 19 heavy (non-hydrogen) atoms. The van der Waals surface area contributed by atoms with Crippen molar-refractivity contribution in [2.75, 3.05) is 19.6 Å². The molecule has 1 aromatic rings. The van der Waals surface area contributed by atoms with Gasteiger partial charge in [-0.15, -0.1) is 0 Å². The number of carbonyl (C=O) groups excluding carboxylic acids is 2. The van der Waals surface area contributed by atoms with Crippen molar-refractivity contribution in [3.63, 3.8) is 0 Å². The Labute approximate surface area is 112 Å². The summed E-state index contributed by atoms with van der Waals surface area (Å²) in [5, 5.41) is 2.58. The second-order valence-electron chi connectivity index (χ2n) is 4.59. The number of amides is 2. The zero-order valence-electron chi connectivity index (χ0n) is 11.0. The van der Waals surface area contributed by atoms with E-state index in [1.807, 2.05) is 13.0 Å². The van der Waals surface area contributed by atoms with Crippen molar-refractivity contribution in [1.82, 2.24) is 10.2 Å². The maximum Gasteiger partial charge on any atom is 0.244 e. The van der Waals surface area contributed by atoms with Crippen LogP contribution in [0.5, 0.6) is 0 Å². The minimum atomic E-state index is -0.290. The van der Waals surface area contributed by atoms with Crippen LogP contribution in [-0.4, -0.2) is 36.3 Å². The Balaban J connectivity index is 1.75. The van der Waals surface area contributed by atoms with E-state index >= 15 is 0 Å². The molecule has 2 heterocycles. The van der Waals surface area contributed by atoms with Crippen LogP contribution in [0.3, 0.4) is 0 Å². The summed E-state index contributed by atoms with van der Waals surface area (Å²) >= 11 is 0. The topological polar surface area (TPSA) is 62.6 Å². The molecular weight excluding hydrogens is 244 g/mol. The summed E-state index contributed by atoms with van der Waals surface area (Å²) in [5.41, 5.74) is 0. The van der Waals surface area contributed by atoms with E-state index < -0.39 is 0 Å². The number of nitrogens with one attached hydrogen (secondary N) is 1. The zero-order valence-corrected chi connectivity index (χ0v) is 11.0. The summed E-state index contributed by atoms with van der Waals surface area (Å²) in [5.74, 6) is 1.11. The van der Waals surface area contributed by atoms with Gasteiger partial charge in [0.05, 0.1) is 6.54 Å². The highest BCUT2D eigenvalue weighted by molar-refractivity contribution is 5.94. The molecule has 102 valence electrons. The summed E-state index contributed by atoms with van der Waals surface area (Å²) in [6, 6.07) is 3.61. The van der Waals surface area contributed by atoms with E-state index in [1.54, 1.807) is 17.0 Å². The van der Waals surface area contributed by atoms with Gasteiger partial charge in [-0.25, -0.2) is 0 Å². The first kappa shape index (κ1) is 13.4. The van der Waals surface area contributed by atoms with Crippen LogP contribution in [-0.2, 0) is 9.59 Å². The van der Waals surface area contributed by atoms with E-state index in [1.165, 1.54) is 6.08 Å². The standard InChI is InChI=1S/C14H18N2O3/c1-11-4-5-12(19-11)6-7-13(17)15-10-14(18)16-8-2-3-9-16/h4-7H,2-3,8-10H2,1H3,(H,15,17)/b7-6+. The monoisotopic (exact) mass is 262 g/mol. The SMILES string of the molecule is Cc1ccc(/C=C/C(=O)NCC(=O)N2CCCC2)o1. The van der Waals surface area contributed by atoms with Gasteiger partial charge in [0.1, 0.15) is 11.5 Å². The largest absolute Gasteiger partial charge is 0.462 e. The summed E-state index contributed by atoms with van der Waals surface area (Å²) < 4.78 is 5.30. The molecule has 1 aromatic heterocycles. The summed E-state index contributed by atoms with van der Waals surface area (Å²) in [6.45, 7) is 3.50. The minimum Gasteiger partial charge on any atom is -0.462 e. The Morgan fingerprint density at radius 1 is 1.37 bits per heavy atom. The number of hydrogen-bond donors (Lipinski definition) is 1. The molecule has 5 nitrogen and oxygen atoms in total. The Morgan fingerprint density at radius 3 is 2.74 bits per heavy atom. The van der Waals surface area contributed by atoms with E-state index in [0.717, 1.165) is 31.7 Å². The van der Waals surface area contributed by atoms with Crippen LogP contribution in [0.4, 0.5) is 0 Å². The number of nitrogens with zero attached hydrogens (tertiary/aromatic N) is 1. The van der Waals surface area contributed by atoms with Gasteiger partial charge in [0, 0.05) is 19.2 Å². The van der Waals surface area contributed by atoms with Crippen molar-refractivity contribution in [3.8, 4) is 0 Å². The first-order valence-corrected chi connectivity index (χ1v) is 6.45. The van der Waals surface area contributed by atoms with E-state index in [4.69, 9.17) is 4.42 Å². The van der Waals surface area contributed by atoms with Crippen LogP contribution >= 0.6 is 0 Å². The number of carbonyl (C=O) groups is 2. The fourth-order valence-corrected chi connectivity index (χ4v) is 2.00. The second-order valence-corrected chi connectivity index (χ2v) is 4.59. The molecular formula is C14H18N2O3. The van der Waals surface area contributed by atoms with E-state index in [-0.39, 0.29) is 18.4 Å². The van der Waals surface area contributed by atoms with Crippen LogP contribution in [0.25, 0.3) is 6.08 Å². The lowest BCUT2D eigenvalue weighted by molar-refractivity contribution is -0.131. The molecule has 0 aromatic carbocycles. The van der Waals surface area contributed by atoms with Gasteiger partial charge in [0.15, 0.2) is 0 Å². The molecule has 0 bridgehead atoms. The summed E-state index contributed by atoms with van der Waals surface area (Å²) in [4.78, 5) is 25.0. The average Bonchev–Trinajstić information content (AvgIpc) is 3.04. The van der Waals surface area contributed by atoms with E-state index in [2.05, 4.69) is 5.32 Å². The maximum atomic E-state index is 11.7. The van der Waals surface area contributed by atoms with Crippen LogP contribution < -0.4 is 5.32 Å².